The molecule has 0 radical (unpaired) electrons. The van der Waals surface area contributed by atoms with E-state index in [1.807, 2.05) is 24.3 Å². The normalized spacial score (nSPS) is 24.5. The highest BCUT2D eigenvalue weighted by atomic mass is 79.9. The first-order valence-electron chi connectivity index (χ1n) is 6.32. The number of carbonyl (C=O) groups is 1. The van der Waals surface area contributed by atoms with Gasteiger partial charge in [-0.2, -0.15) is 5.26 Å². The van der Waals surface area contributed by atoms with Crippen molar-refractivity contribution in [2.45, 2.75) is 32.1 Å². The first kappa shape index (κ1) is 13.3. The highest BCUT2D eigenvalue weighted by Gasteiger charge is 2.34. The van der Waals surface area contributed by atoms with Crippen molar-refractivity contribution in [3.63, 3.8) is 0 Å². The Morgan fingerprint density at radius 2 is 2.06 bits per heavy atom. The molecule has 18 heavy (non-hydrogen) atoms. The molecule has 94 valence electrons. The quantitative estimate of drug-likeness (QED) is 0.845. The van der Waals surface area contributed by atoms with Crippen molar-refractivity contribution in [1.82, 2.24) is 0 Å². The van der Waals surface area contributed by atoms with E-state index in [1.54, 1.807) is 0 Å². The lowest BCUT2D eigenvalue weighted by Crippen LogP contribution is -2.23. The van der Waals surface area contributed by atoms with Crippen LogP contribution in [-0.2, 0) is 4.79 Å². The zero-order valence-electron chi connectivity index (χ0n) is 10.4. The maximum atomic E-state index is 12.4. The zero-order chi connectivity index (χ0) is 13.1. The minimum Gasteiger partial charge on any atom is -0.298 e. The molecule has 3 atom stereocenters. The number of nitrogens with zero attached hydrogens (tertiary/aromatic N) is 1. The molecule has 1 saturated carbocycles. The molecule has 1 aliphatic carbocycles. The summed E-state index contributed by atoms with van der Waals surface area (Å²) in [5, 5.41) is 9.28. The van der Waals surface area contributed by atoms with Crippen molar-refractivity contribution in [2.24, 2.45) is 11.8 Å². The van der Waals surface area contributed by atoms with Crippen LogP contribution in [0.2, 0.25) is 0 Å². The number of nitriles is 1. The van der Waals surface area contributed by atoms with E-state index in [2.05, 4.69) is 28.9 Å². The van der Waals surface area contributed by atoms with Crippen LogP contribution in [0.25, 0.3) is 0 Å². The lowest BCUT2D eigenvalue weighted by Gasteiger charge is -2.17. The average molecular weight is 306 g/mol. The number of ketones is 1. The summed E-state index contributed by atoms with van der Waals surface area (Å²) in [4.78, 5) is 12.4. The summed E-state index contributed by atoms with van der Waals surface area (Å²) >= 11 is 3.36. The van der Waals surface area contributed by atoms with Crippen molar-refractivity contribution in [2.75, 3.05) is 0 Å². The molecule has 0 amide bonds. The van der Waals surface area contributed by atoms with Gasteiger partial charge in [-0.05, 0) is 36.5 Å². The summed E-state index contributed by atoms with van der Waals surface area (Å²) in [6.07, 6.45) is 3.15. The molecular formula is C15H16BrNO. The minimum atomic E-state index is -0.608. The van der Waals surface area contributed by atoms with Crippen LogP contribution >= 0.6 is 15.9 Å². The van der Waals surface area contributed by atoms with Crippen LogP contribution < -0.4 is 0 Å². The summed E-state index contributed by atoms with van der Waals surface area (Å²) in [5.74, 6) is -0.0180. The Morgan fingerprint density at radius 1 is 1.39 bits per heavy atom. The third-order valence-electron chi connectivity index (χ3n) is 3.84. The molecule has 1 fully saturated rings. The highest BCUT2D eigenvalue weighted by Crippen LogP contribution is 2.35. The zero-order valence-corrected chi connectivity index (χ0v) is 12.0. The molecule has 0 N–H and O–H groups in total. The summed E-state index contributed by atoms with van der Waals surface area (Å²) in [7, 11) is 0. The fourth-order valence-corrected chi connectivity index (χ4v) is 3.00. The topological polar surface area (TPSA) is 40.9 Å². The van der Waals surface area contributed by atoms with E-state index in [0.29, 0.717) is 5.92 Å². The van der Waals surface area contributed by atoms with E-state index in [9.17, 15) is 10.1 Å². The number of halogens is 1. The van der Waals surface area contributed by atoms with Crippen molar-refractivity contribution >= 4 is 21.7 Å². The summed E-state index contributed by atoms with van der Waals surface area (Å²) in [6.45, 7) is 2.12. The van der Waals surface area contributed by atoms with Gasteiger partial charge in [0.2, 0.25) is 0 Å². The first-order chi connectivity index (χ1) is 8.63. The van der Waals surface area contributed by atoms with Crippen molar-refractivity contribution < 1.29 is 4.79 Å². The fourth-order valence-electron chi connectivity index (χ4n) is 2.74. The Bertz CT molecular complexity index is 474. The number of benzene rings is 1. The Labute approximate surface area is 116 Å². The van der Waals surface area contributed by atoms with Gasteiger partial charge in [-0.3, -0.25) is 4.79 Å². The SMILES string of the molecule is CC1CCCC1C(=O)C(C#N)c1ccc(Br)cc1. The Morgan fingerprint density at radius 3 is 2.56 bits per heavy atom. The molecule has 0 aliphatic heterocycles. The molecule has 0 bridgehead atoms. The maximum absolute atomic E-state index is 12.4. The number of Topliss-reactive ketones (excluding diaryl/α,β-unsaturated/α-hetero) is 1. The van der Waals surface area contributed by atoms with Gasteiger partial charge < -0.3 is 0 Å². The molecule has 0 saturated heterocycles. The van der Waals surface area contributed by atoms with E-state index in [1.165, 1.54) is 0 Å². The molecule has 3 unspecified atom stereocenters. The maximum Gasteiger partial charge on any atom is 0.157 e. The van der Waals surface area contributed by atoms with Gasteiger partial charge in [-0.1, -0.05) is 41.4 Å². The van der Waals surface area contributed by atoms with Gasteiger partial charge in [0.25, 0.3) is 0 Å². The monoisotopic (exact) mass is 305 g/mol. The predicted octanol–water partition coefficient (Wildman–Crippen LogP) is 4.06. The average Bonchev–Trinajstić information content (AvgIpc) is 2.78. The van der Waals surface area contributed by atoms with Crippen LogP contribution in [-0.4, -0.2) is 5.78 Å². The summed E-state index contributed by atoms with van der Waals surface area (Å²) in [5.41, 5.74) is 0.810. The number of hydrogen-bond acceptors (Lipinski definition) is 2. The second kappa shape index (κ2) is 5.67. The highest BCUT2D eigenvalue weighted by molar-refractivity contribution is 9.10. The van der Waals surface area contributed by atoms with Crippen LogP contribution in [0, 0.1) is 23.2 Å². The first-order valence-corrected chi connectivity index (χ1v) is 7.11. The molecular weight excluding hydrogens is 290 g/mol. The Hall–Kier alpha value is -1.14. The van der Waals surface area contributed by atoms with Crippen LogP contribution in [0.5, 0.6) is 0 Å². The van der Waals surface area contributed by atoms with Crippen LogP contribution in [0.15, 0.2) is 28.7 Å². The number of hydrogen-bond donors (Lipinski definition) is 0. The van der Waals surface area contributed by atoms with Crippen LogP contribution in [0.1, 0.15) is 37.7 Å². The van der Waals surface area contributed by atoms with Crippen LogP contribution in [0.4, 0.5) is 0 Å². The molecule has 1 aromatic rings. The van der Waals surface area contributed by atoms with E-state index in [0.717, 1.165) is 29.3 Å². The Kier molecular flexibility index (Phi) is 4.19. The molecule has 3 heteroatoms. The molecule has 2 nitrogen and oxygen atoms in total. The summed E-state index contributed by atoms with van der Waals surface area (Å²) in [6, 6.07) is 9.64. The van der Waals surface area contributed by atoms with Crippen molar-refractivity contribution in [3.05, 3.63) is 34.3 Å². The van der Waals surface area contributed by atoms with Crippen molar-refractivity contribution in [1.29, 1.82) is 5.26 Å². The molecule has 0 heterocycles. The predicted molar refractivity (Wildman–Crippen MR) is 74.0 cm³/mol. The molecule has 0 spiro atoms. The van der Waals surface area contributed by atoms with E-state index >= 15 is 0 Å². The fraction of sp³-hybridized carbons (Fsp3) is 0.467. The van der Waals surface area contributed by atoms with Crippen molar-refractivity contribution in [3.8, 4) is 6.07 Å². The van der Waals surface area contributed by atoms with Gasteiger partial charge in [-0.25, -0.2) is 0 Å². The van der Waals surface area contributed by atoms with Gasteiger partial charge >= 0.3 is 0 Å². The smallest absolute Gasteiger partial charge is 0.157 e. The lowest BCUT2D eigenvalue weighted by atomic mass is 9.83. The number of rotatable bonds is 3. The van der Waals surface area contributed by atoms with E-state index in [4.69, 9.17) is 0 Å². The van der Waals surface area contributed by atoms with Gasteiger partial charge in [0.15, 0.2) is 5.78 Å². The third-order valence-corrected chi connectivity index (χ3v) is 4.37. The standard InChI is InChI=1S/C15H16BrNO/c1-10-3-2-4-13(10)15(18)14(9-17)11-5-7-12(16)8-6-11/h5-8,10,13-14H,2-4H2,1H3. The van der Waals surface area contributed by atoms with Gasteiger partial charge in [0.05, 0.1) is 6.07 Å². The Balaban J connectivity index is 2.21. The molecule has 1 aromatic carbocycles. The number of carbonyl (C=O) groups excluding carboxylic acids is 1. The van der Waals surface area contributed by atoms with Gasteiger partial charge in [-0.15, -0.1) is 0 Å². The van der Waals surface area contributed by atoms with E-state index < -0.39 is 5.92 Å². The second-order valence-electron chi connectivity index (χ2n) is 5.03. The molecule has 1 aliphatic rings. The third kappa shape index (κ3) is 2.64. The largest absolute Gasteiger partial charge is 0.298 e. The van der Waals surface area contributed by atoms with Crippen LogP contribution in [0.3, 0.4) is 0 Å². The van der Waals surface area contributed by atoms with Gasteiger partial charge in [0, 0.05) is 10.4 Å². The van der Waals surface area contributed by atoms with Gasteiger partial charge in [0.1, 0.15) is 5.92 Å². The second-order valence-corrected chi connectivity index (χ2v) is 5.95. The lowest BCUT2D eigenvalue weighted by molar-refractivity contribution is -0.124. The minimum absolute atomic E-state index is 0.0679. The molecule has 2 rings (SSSR count). The molecule has 0 aromatic heterocycles. The van der Waals surface area contributed by atoms with E-state index in [-0.39, 0.29) is 11.7 Å². The summed E-state index contributed by atoms with van der Waals surface area (Å²) < 4.78 is 0.963.